The number of rotatable bonds is 3. The van der Waals surface area contributed by atoms with Gasteiger partial charge in [0.2, 0.25) is 0 Å². The summed E-state index contributed by atoms with van der Waals surface area (Å²) < 4.78 is 38.4. The van der Waals surface area contributed by atoms with Crippen LogP contribution in [0.2, 0.25) is 0 Å². The molecular formula is C7H6FNO5S. The summed E-state index contributed by atoms with van der Waals surface area (Å²) in [6.07, 6.45) is 0. The molecule has 0 atom stereocenters. The quantitative estimate of drug-likeness (QED) is 0.447. The van der Waals surface area contributed by atoms with E-state index in [9.17, 15) is 22.4 Å². The molecule has 0 bridgehead atoms. The van der Waals surface area contributed by atoms with Crippen LogP contribution in [-0.4, -0.2) is 20.5 Å². The molecule has 0 heterocycles. The monoisotopic (exact) mass is 235 g/mol. The van der Waals surface area contributed by atoms with E-state index in [1.165, 1.54) is 6.07 Å². The van der Waals surface area contributed by atoms with Crippen LogP contribution in [0.25, 0.3) is 0 Å². The van der Waals surface area contributed by atoms with Gasteiger partial charge in [-0.3, -0.25) is 10.1 Å². The maximum absolute atomic E-state index is 12.7. The standard InChI is InChI=1S/C7H6FNO5S/c1-14-5-3-2-4-6(15(8,12)13)7(5)9(10)11/h2-4H,1H3. The zero-order chi connectivity index (χ0) is 11.6. The third-order valence-electron chi connectivity index (χ3n) is 1.63. The number of para-hydroxylation sites is 1. The summed E-state index contributed by atoms with van der Waals surface area (Å²) in [7, 11) is -4.01. The summed E-state index contributed by atoms with van der Waals surface area (Å²) >= 11 is 0. The fourth-order valence-electron chi connectivity index (χ4n) is 1.04. The highest BCUT2D eigenvalue weighted by atomic mass is 32.3. The Morgan fingerprint density at radius 1 is 1.47 bits per heavy atom. The summed E-state index contributed by atoms with van der Waals surface area (Å²) in [6.45, 7) is 0. The Morgan fingerprint density at radius 2 is 2.07 bits per heavy atom. The van der Waals surface area contributed by atoms with Crippen molar-refractivity contribution in [3.8, 4) is 5.75 Å². The molecule has 0 spiro atoms. The van der Waals surface area contributed by atoms with Crippen LogP contribution in [0, 0.1) is 10.1 Å². The average molecular weight is 235 g/mol. The first-order valence-corrected chi connectivity index (χ1v) is 5.02. The summed E-state index contributed by atoms with van der Waals surface area (Å²) in [5, 5.41) is 10.5. The van der Waals surface area contributed by atoms with Gasteiger partial charge < -0.3 is 4.74 Å². The van der Waals surface area contributed by atoms with Gasteiger partial charge in [-0.2, -0.15) is 8.42 Å². The molecule has 0 unspecified atom stereocenters. The van der Waals surface area contributed by atoms with Crippen LogP contribution in [0.1, 0.15) is 0 Å². The molecule has 0 aliphatic rings. The van der Waals surface area contributed by atoms with Crippen molar-refractivity contribution >= 4 is 15.9 Å². The topological polar surface area (TPSA) is 86.5 Å². The van der Waals surface area contributed by atoms with E-state index in [4.69, 9.17) is 0 Å². The number of benzene rings is 1. The number of methoxy groups -OCH3 is 1. The Hall–Kier alpha value is -1.70. The molecule has 0 aromatic heterocycles. The fraction of sp³-hybridized carbons (Fsp3) is 0.143. The lowest BCUT2D eigenvalue weighted by atomic mass is 10.3. The minimum absolute atomic E-state index is 0.307. The number of halogens is 1. The highest BCUT2D eigenvalue weighted by Crippen LogP contribution is 2.34. The van der Waals surface area contributed by atoms with Gasteiger partial charge in [-0.05, 0) is 12.1 Å². The van der Waals surface area contributed by atoms with Gasteiger partial charge in [-0.15, -0.1) is 3.89 Å². The first kappa shape index (κ1) is 11.4. The largest absolute Gasteiger partial charge is 0.490 e. The third kappa shape index (κ3) is 2.21. The van der Waals surface area contributed by atoms with Gasteiger partial charge in [-0.1, -0.05) is 6.07 Å². The minimum Gasteiger partial charge on any atom is -0.490 e. The van der Waals surface area contributed by atoms with Crippen LogP contribution in [0.5, 0.6) is 5.75 Å². The molecular weight excluding hydrogens is 229 g/mol. The van der Waals surface area contributed by atoms with Gasteiger partial charge in [0.15, 0.2) is 10.6 Å². The summed E-state index contributed by atoms with van der Waals surface area (Å²) in [6, 6.07) is 3.13. The van der Waals surface area contributed by atoms with Crippen molar-refractivity contribution in [2.45, 2.75) is 4.90 Å². The first-order chi connectivity index (χ1) is 6.88. The summed E-state index contributed by atoms with van der Waals surface area (Å²) in [5.41, 5.74) is -0.900. The molecule has 1 aromatic carbocycles. The minimum atomic E-state index is -5.13. The van der Waals surface area contributed by atoms with Crippen molar-refractivity contribution in [2.75, 3.05) is 7.11 Å². The maximum Gasteiger partial charge on any atom is 0.339 e. The van der Waals surface area contributed by atoms with Crippen molar-refractivity contribution in [3.63, 3.8) is 0 Å². The molecule has 0 amide bonds. The Morgan fingerprint density at radius 3 is 2.47 bits per heavy atom. The second kappa shape index (κ2) is 3.81. The van der Waals surface area contributed by atoms with Crippen LogP contribution in [0.3, 0.4) is 0 Å². The van der Waals surface area contributed by atoms with Crippen LogP contribution < -0.4 is 4.74 Å². The number of nitro groups is 1. The molecule has 0 fully saturated rings. The highest BCUT2D eigenvalue weighted by molar-refractivity contribution is 7.86. The third-order valence-corrected chi connectivity index (χ3v) is 2.48. The Balaban J connectivity index is 3.60. The first-order valence-electron chi connectivity index (χ1n) is 3.64. The zero-order valence-corrected chi connectivity index (χ0v) is 8.32. The molecule has 1 aromatic rings. The lowest BCUT2D eigenvalue weighted by molar-refractivity contribution is -0.388. The fourth-order valence-corrected chi connectivity index (χ4v) is 1.69. The van der Waals surface area contributed by atoms with Gasteiger partial charge >= 0.3 is 15.9 Å². The molecule has 0 saturated carbocycles. The van der Waals surface area contributed by atoms with E-state index in [2.05, 4.69) is 4.74 Å². The number of nitrogens with zero attached hydrogens (tertiary/aromatic N) is 1. The number of hydrogen-bond acceptors (Lipinski definition) is 5. The summed E-state index contributed by atoms with van der Waals surface area (Å²) in [5.74, 6) is -0.307. The molecule has 6 nitrogen and oxygen atoms in total. The van der Waals surface area contributed by atoms with Crippen molar-refractivity contribution in [3.05, 3.63) is 28.3 Å². The molecule has 0 saturated heterocycles. The molecule has 8 heteroatoms. The summed E-state index contributed by atoms with van der Waals surface area (Å²) in [4.78, 5) is 8.53. The van der Waals surface area contributed by atoms with Crippen LogP contribution in [-0.2, 0) is 10.2 Å². The van der Waals surface area contributed by atoms with E-state index in [0.29, 0.717) is 0 Å². The van der Waals surface area contributed by atoms with E-state index >= 15 is 0 Å². The van der Waals surface area contributed by atoms with E-state index in [0.717, 1.165) is 19.2 Å². The molecule has 0 aliphatic heterocycles. The van der Waals surface area contributed by atoms with Gasteiger partial charge in [0.1, 0.15) is 0 Å². The smallest absolute Gasteiger partial charge is 0.339 e. The lowest BCUT2D eigenvalue weighted by Crippen LogP contribution is -2.01. The van der Waals surface area contributed by atoms with Gasteiger partial charge in [0.05, 0.1) is 12.0 Å². The average Bonchev–Trinajstić information content (AvgIpc) is 2.15. The van der Waals surface area contributed by atoms with Crippen molar-refractivity contribution in [1.82, 2.24) is 0 Å². The van der Waals surface area contributed by atoms with Crippen LogP contribution in [0.4, 0.5) is 9.57 Å². The Labute approximate surface area is 84.6 Å². The number of ether oxygens (including phenoxy) is 1. The second-order valence-electron chi connectivity index (χ2n) is 2.50. The number of hydrogen-bond donors (Lipinski definition) is 0. The molecule has 82 valence electrons. The Kier molecular flexibility index (Phi) is 2.89. The SMILES string of the molecule is COc1cccc(S(=O)(=O)F)c1[N+](=O)[O-]. The molecule has 15 heavy (non-hydrogen) atoms. The van der Waals surface area contributed by atoms with Gasteiger partial charge in [0.25, 0.3) is 0 Å². The molecule has 0 aliphatic carbocycles. The van der Waals surface area contributed by atoms with E-state index < -0.39 is 25.7 Å². The predicted octanol–water partition coefficient (Wildman–Crippen LogP) is 1.26. The van der Waals surface area contributed by atoms with Crippen molar-refractivity contribution < 1.29 is 22.0 Å². The molecule has 1 rings (SSSR count). The van der Waals surface area contributed by atoms with E-state index in [1.54, 1.807) is 0 Å². The van der Waals surface area contributed by atoms with E-state index in [-0.39, 0.29) is 5.75 Å². The maximum atomic E-state index is 12.7. The number of nitro benzene ring substituents is 1. The van der Waals surface area contributed by atoms with Gasteiger partial charge in [0, 0.05) is 0 Å². The Bertz CT molecular complexity index is 498. The van der Waals surface area contributed by atoms with Gasteiger partial charge in [-0.25, -0.2) is 0 Å². The zero-order valence-electron chi connectivity index (χ0n) is 7.51. The van der Waals surface area contributed by atoms with Crippen LogP contribution in [0.15, 0.2) is 23.1 Å². The second-order valence-corrected chi connectivity index (χ2v) is 3.82. The van der Waals surface area contributed by atoms with E-state index in [1.807, 2.05) is 0 Å². The normalized spacial score (nSPS) is 11.1. The molecule has 0 radical (unpaired) electrons. The lowest BCUT2D eigenvalue weighted by Gasteiger charge is -2.03. The van der Waals surface area contributed by atoms with Crippen molar-refractivity contribution in [1.29, 1.82) is 0 Å². The highest BCUT2D eigenvalue weighted by Gasteiger charge is 2.29. The van der Waals surface area contributed by atoms with Crippen molar-refractivity contribution in [2.24, 2.45) is 0 Å². The van der Waals surface area contributed by atoms with Crippen LogP contribution >= 0.6 is 0 Å². The molecule has 0 N–H and O–H groups in total. The predicted molar refractivity (Wildman–Crippen MR) is 47.9 cm³/mol.